The van der Waals surface area contributed by atoms with Gasteiger partial charge in [0.15, 0.2) is 23.4 Å². The molecule has 0 saturated heterocycles. The average Bonchev–Trinajstić information content (AvgIpc) is 2.69. The molecule has 0 aliphatic heterocycles. The molecule has 0 amide bonds. The predicted octanol–water partition coefficient (Wildman–Crippen LogP) is 4.60. The molecule has 0 aromatic heterocycles. The predicted molar refractivity (Wildman–Crippen MR) is 101 cm³/mol. The van der Waals surface area contributed by atoms with Crippen LogP contribution in [0.1, 0.15) is 41.6 Å². The fourth-order valence-electron chi connectivity index (χ4n) is 2.93. The number of benzene rings is 2. The van der Waals surface area contributed by atoms with Crippen LogP contribution < -0.4 is 9.47 Å². The highest BCUT2D eigenvalue weighted by molar-refractivity contribution is 6.30. The fraction of sp³-hybridized carbons (Fsp3) is 0.333. The second-order valence-electron chi connectivity index (χ2n) is 6.39. The first-order chi connectivity index (χ1) is 13.1. The molecule has 27 heavy (non-hydrogen) atoms. The van der Waals surface area contributed by atoms with Crippen molar-refractivity contribution in [2.45, 2.75) is 38.4 Å². The van der Waals surface area contributed by atoms with Gasteiger partial charge in [0.2, 0.25) is 0 Å². The first kappa shape index (κ1) is 19.2. The van der Waals surface area contributed by atoms with Crippen LogP contribution in [0.4, 0.5) is 0 Å². The van der Waals surface area contributed by atoms with Crippen LogP contribution in [0.2, 0.25) is 5.02 Å². The van der Waals surface area contributed by atoms with Gasteiger partial charge in [-0.05, 0) is 55.2 Å². The van der Waals surface area contributed by atoms with Gasteiger partial charge in [0.1, 0.15) is 6.61 Å². The zero-order valence-electron chi connectivity index (χ0n) is 15.1. The molecule has 1 saturated carbocycles. The Morgan fingerprint density at radius 3 is 2.59 bits per heavy atom. The van der Waals surface area contributed by atoms with Crippen LogP contribution in [0, 0.1) is 0 Å². The molecule has 6 heteroatoms. The lowest BCUT2D eigenvalue weighted by Gasteiger charge is -2.21. The summed E-state index contributed by atoms with van der Waals surface area (Å²) >= 11 is 5.88. The Kier molecular flexibility index (Phi) is 6.35. The maximum absolute atomic E-state index is 12.4. The summed E-state index contributed by atoms with van der Waals surface area (Å²) in [4.78, 5) is 24.2. The van der Waals surface area contributed by atoms with Gasteiger partial charge in [-0.1, -0.05) is 23.7 Å². The molecule has 1 unspecified atom stereocenters. The summed E-state index contributed by atoms with van der Waals surface area (Å²) in [5.41, 5.74) is 1.28. The third-order valence-electron chi connectivity index (χ3n) is 4.45. The molecular formula is C21H21ClO5. The summed E-state index contributed by atoms with van der Waals surface area (Å²) in [6, 6.07) is 12.2. The molecule has 2 aromatic rings. The van der Waals surface area contributed by atoms with Crippen molar-refractivity contribution in [3.63, 3.8) is 0 Å². The largest absolute Gasteiger partial charge is 0.493 e. The van der Waals surface area contributed by atoms with E-state index in [-0.39, 0.29) is 5.78 Å². The number of ketones is 1. The average molecular weight is 389 g/mol. The Labute approximate surface area is 163 Å². The fourth-order valence-corrected chi connectivity index (χ4v) is 3.05. The van der Waals surface area contributed by atoms with Gasteiger partial charge < -0.3 is 14.2 Å². The topological polar surface area (TPSA) is 61.8 Å². The van der Waals surface area contributed by atoms with Gasteiger partial charge in [-0.25, -0.2) is 4.79 Å². The summed E-state index contributed by atoms with van der Waals surface area (Å²) < 4.78 is 16.5. The zero-order valence-corrected chi connectivity index (χ0v) is 15.8. The van der Waals surface area contributed by atoms with E-state index in [1.165, 1.54) is 7.11 Å². The number of halogens is 1. The summed E-state index contributed by atoms with van der Waals surface area (Å²) in [7, 11) is 1.50. The third-order valence-corrected chi connectivity index (χ3v) is 4.71. The van der Waals surface area contributed by atoms with Crippen molar-refractivity contribution < 1.29 is 23.8 Å². The van der Waals surface area contributed by atoms with Gasteiger partial charge >= 0.3 is 5.97 Å². The Morgan fingerprint density at radius 1 is 1.11 bits per heavy atom. The molecule has 0 heterocycles. The smallest absolute Gasteiger partial charge is 0.338 e. The minimum atomic E-state index is -0.641. The van der Waals surface area contributed by atoms with E-state index in [0.717, 1.165) is 18.4 Å². The van der Waals surface area contributed by atoms with Crippen molar-refractivity contribution in [2.75, 3.05) is 7.11 Å². The third kappa shape index (κ3) is 5.01. The van der Waals surface area contributed by atoms with Crippen molar-refractivity contribution >= 4 is 23.4 Å². The number of hydrogen-bond acceptors (Lipinski definition) is 5. The first-order valence-electron chi connectivity index (χ1n) is 8.86. The molecule has 142 valence electrons. The minimum absolute atomic E-state index is 0.00974. The van der Waals surface area contributed by atoms with Crippen molar-refractivity contribution in [3.05, 3.63) is 58.6 Å². The molecule has 0 bridgehead atoms. The molecule has 1 atom stereocenters. The van der Waals surface area contributed by atoms with E-state index in [4.69, 9.17) is 25.8 Å². The van der Waals surface area contributed by atoms with Crippen LogP contribution in [0.15, 0.2) is 42.5 Å². The number of methoxy groups -OCH3 is 1. The molecule has 2 aromatic carbocycles. The van der Waals surface area contributed by atoms with Crippen molar-refractivity contribution in [1.82, 2.24) is 0 Å². The second kappa shape index (κ2) is 8.91. The monoisotopic (exact) mass is 388 g/mol. The minimum Gasteiger partial charge on any atom is -0.493 e. The molecule has 0 spiro atoms. The van der Waals surface area contributed by atoms with Crippen LogP contribution in [0.25, 0.3) is 0 Å². The van der Waals surface area contributed by atoms with E-state index in [1.54, 1.807) is 30.3 Å². The number of carbonyl (C=O) groups excluding carboxylic acids is 2. The normalized spacial score (nSPS) is 16.7. The van der Waals surface area contributed by atoms with Crippen LogP contribution >= 0.6 is 11.6 Å². The molecule has 5 nitrogen and oxygen atoms in total. The van der Waals surface area contributed by atoms with Crippen molar-refractivity contribution in [3.8, 4) is 11.5 Å². The van der Waals surface area contributed by atoms with Crippen LogP contribution in [-0.4, -0.2) is 25.0 Å². The molecule has 1 fully saturated rings. The molecular weight excluding hydrogens is 368 g/mol. The van der Waals surface area contributed by atoms with Crippen LogP contribution in [0.5, 0.6) is 11.5 Å². The lowest BCUT2D eigenvalue weighted by atomic mass is 9.96. The maximum atomic E-state index is 12.4. The molecule has 0 radical (unpaired) electrons. The van der Waals surface area contributed by atoms with Gasteiger partial charge in [0, 0.05) is 11.4 Å². The van der Waals surface area contributed by atoms with Crippen molar-refractivity contribution in [2.24, 2.45) is 0 Å². The van der Waals surface area contributed by atoms with E-state index < -0.39 is 12.1 Å². The summed E-state index contributed by atoms with van der Waals surface area (Å²) in [5.74, 6) is 0.397. The highest BCUT2D eigenvalue weighted by Crippen LogP contribution is 2.30. The lowest BCUT2D eigenvalue weighted by Crippen LogP contribution is -2.30. The molecule has 3 rings (SSSR count). The van der Waals surface area contributed by atoms with Gasteiger partial charge in [-0.3, -0.25) is 4.79 Å². The lowest BCUT2D eigenvalue weighted by molar-refractivity contribution is -0.129. The van der Waals surface area contributed by atoms with E-state index in [0.29, 0.717) is 41.5 Å². The zero-order chi connectivity index (χ0) is 19.2. The highest BCUT2D eigenvalue weighted by Gasteiger charge is 2.26. The summed E-state index contributed by atoms with van der Waals surface area (Å²) in [5, 5.41) is 0.663. The SMILES string of the molecule is COc1cc(C(=O)OC2CCCCC2=O)ccc1OCc1ccc(Cl)cc1. The van der Waals surface area contributed by atoms with Gasteiger partial charge in [0.05, 0.1) is 12.7 Å². The Hall–Kier alpha value is -2.53. The van der Waals surface area contributed by atoms with E-state index >= 15 is 0 Å². The second-order valence-corrected chi connectivity index (χ2v) is 6.82. The van der Waals surface area contributed by atoms with Crippen LogP contribution in [-0.2, 0) is 16.1 Å². The molecule has 0 N–H and O–H groups in total. The summed E-state index contributed by atoms with van der Waals surface area (Å²) in [6.07, 6.45) is 2.17. The highest BCUT2D eigenvalue weighted by atomic mass is 35.5. The summed E-state index contributed by atoms with van der Waals surface area (Å²) in [6.45, 7) is 0.341. The Bertz CT molecular complexity index is 816. The number of rotatable bonds is 6. The number of hydrogen-bond donors (Lipinski definition) is 0. The van der Waals surface area contributed by atoms with Gasteiger partial charge in [-0.15, -0.1) is 0 Å². The number of Topliss-reactive ketones (excluding diaryl/α,β-unsaturated/α-hetero) is 1. The van der Waals surface area contributed by atoms with Crippen molar-refractivity contribution in [1.29, 1.82) is 0 Å². The number of esters is 1. The molecule has 1 aliphatic carbocycles. The number of carbonyl (C=O) groups is 2. The van der Waals surface area contributed by atoms with Crippen LogP contribution in [0.3, 0.4) is 0 Å². The first-order valence-corrected chi connectivity index (χ1v) is 9.23. The quantitative estimate of drug-likeness (QED) is 0.677. The van der Waals surface area contributed by atoms with Gasteiger partial charge in [0.25, 0.3) is 0 Å². The Balaban J connectivity index is 1.66. The Morgan fingerprint density at radius 2 is 1.89 bits per heavy atom. The maximum Gasteiger partial charge on any atom is 0.338 e. The number of ether oxygens (including phenoxy) is 3. The van der Waals surface area contributed by atoms with E-state index in [2.05, 4.69) is 0 Å². The molecule has 1 aliphatic rings. The van der Waals surface area contributed by atoms with E-state index in [9.17, 15) is 9.59 Å². The standard InChI is InChI=1S/C21H21ClO5/c1-25-20-12-15(21(24)27-18-5-3-2-4-17(18)23)8-11-19(20)26-13-14-6-9-16(22)10-7-14/h6-12,18H,2-5,13H2,1H3. The van der Waals surface area contributed by atoms with E-state index in [1.807, 2.05) is 12.1 Å². The van der Waals surface area contributed by atoms with Gasteiger partial charge in [-0.2, -0.15) is 0 Å².